The Labute approximate surface area is 116 Å². The maximum Gasteiger partial charge on any atom is 0.307 e. The molecule has 19 heavy (non-hydrogen) atoms. The monoisotopic (exact) mass is 272 g/mol. The lowest BCUT2D eigenvalue weighted by Crippen LogP contribution is -3.00. The van der Waals surface area contributed by atoms with Crippen molar-refractivity contribution in [3.05, 3.63) is 54.6 Å². The van der Waals surface area contributed by atoms with Crippen LogP contribution in [0.5, 0.6) is 0 Å². The molecule has 3 rings (SSSR count). The van der Waals surface area contributed by atoms with Gasteiger partial charge in [0, 0.05) is 0 Å². The number of nitrogens with zero attached hydrogens (tertiary/aromatic N) is 1. The van der Waals surface area contributed by atoms with Gasteiger partial charge >= 0.3 is 5.82 Å². The van der Waals surface area contributed by atoms with Crippen molar-refractivity contribution in [2.24, 2.45) is 5.11 Å². The second kappa shape index (κ2) is 5.54. The molecule has 0 saturated heterocycles. The lowest BCUT2D eigenvalue weighted by atomic mass is 10.2. The second-order valence-corrected chi connectivity index (χ2v) is 4.02. The molecule has 0 fully saturated rings. The Morgan fingerprint density at radius 2 is 1.53 bits per heavy atom. The summed E-state index contributed by atoms with van der Waals surface area (Å²) in [6, 6.07) is 17.6. The van der Waals surface area contributed by atoms with Gasteiger partial charge in [-0.1, -0.05) is 35.4 Å². The predicted octanol–water partition coefficient (Wildman–Crippen LogP) is -0.750. The number of nitrogen functional groups attached to an aromatic ring is 1. The van der Waals surface area contributed by atoms with Crippen LogP contribution in [0.2, 0.25) is 0 Å². The highest BCUT2D eigenvalue weighted by Crippen LogP contribution is 2.24. The first-order valence-corrected chi connectivity index (χ1v) is 5.72. The number of para-hydroxylation sites is 1. The van der Waals surface area contributed by atoms with Gasteiger partial charge in [0.25, 0.3) is 0 Å². The second-order valence-electron chi connectivity index (χ2n) is 4.02. The third-order valence-electron chi connectivity index (χ3n) is 2.80. The summed E-state index contributed by atoms with van der Waals surface area (Å²) in [6.45, 7) is 0. The number of azo groups is 1. The Hall–Kier alpha value is -2.33. The predicted molar refractivity (Wildman–Crippen MR) is 71.9 cm³/mol. The van der Waals surface area contributed by atoms with Crippen molar-refractivity contribution in [2.45, 2.75) is 0 Å². The molecule has 2 aromatic carbocycles. The molecule has 0 atom stereocenters. The number of aromatic amines is 1. The summed E-state index contributed by atoms with van der Waals surface area (Å²) < 4.78 is 0. The molecule has 0 aliphatic carbocycles. The van der Waals surface area contributed by atoms with E-state index in [2.05, 4.69) is 15.2 Å². The number of fused-ring (bicyclic) bond motifs is 1. The first-order chi connectivity index (χ1) is 8.84. The number of nitrogens with two attached hydrogens (primary N) is 1. The number of aromatic nitrogens is 1. The molecule has 1 heterocycles. The molecule has 0 radical (unpaired) electrons. The van der Waals surface area contributed by atoms with Crippen molar-refractivity contribution in [1.82, 2.24) is 4.98 Å². The van der Waals surface area contributed by atoms with Crippen LogP contribution in [0.3, 0.4) is 0 Å². The van der Waals surface area contributed by atoms with Gasteiger partial charge in [0.1, 0.15) is 5.69 Å². The fourth-order valence-electron chi connectivity index (χ4n) is 1.92. The fourth-order valence-corrected chi connectivity index (χ4v) is 1.92. The molecule has 1 aromatic heterocycles. The van der Waals surface area contributed by atoms with Crippen molar-refractivity contribution < 1.29 is 17.5 Å². The van der Waals surface area contributed by atoms with Gasteiger partial charge in [-0.25, -0.2) is 4.98 Å². The summed E-state index contributed by atoms with van der Waals surface area (Å²) >= 11 is 0. The van der Waals surface area contributed by atoms with Crippen LogP contribution in [0, 0.1) is 0 Å². The van der Waals surface area contributed by atoms with Gasteiger partial charge in [-0.15, -0.1) is 5.11 Å². The zero-order valence-corrected chi connectivity index (χ0v) is 10.9. The molecule has 0 spiro atoms. The van der Waals surface area contributed by atoms with Gasteiger partial charge in [0.05, 0.1) is 10.8 Å². The fraction of sp³-hybridized carbons (Fsp3) is 0. The van der Waals surface area contributed by atoms with E-state index in [0.717, 1.165) is 22.3 Å². The van der Waals surface area contributed by atoms with E-state index in [4.69, 9.17) is 5.73 Å². The normalized spacial score (nSPS) is 10.7. The number of benzene rings is 2. The van der Waals surface area contributed by atoms with E-state index in [9.17, 15) is 0 Å². The Morgan fingerprint density at radius 3 is 2.26 bits per heavy atom. The van der Waals surface area contributed by atoms with Gasteiger partial charge in [-0.3, -0.25) is 0 Å². The van der Waals surface area contributed by atoms with Crippen molar-refractivity contribution >= 4 is 28.1 Å². The van der Waals surface area contributed by atoms with E-state index < -0.39 is 0 Å². The lowest BCUT2D eigenvalue weighted by Gasteiger charge is -1.87. The minimum atomic E-state index is 0. The zero-order chi connectivity index (χ0) is 12.4. The molecular formula is C14H13ClN4. The summed E-state index contributed by atoms with van der Waals surface area (Å²) in [7, 11) is 0. The molecule has 0 bridgehead atoms. The molecule has 0 aliphatic heterocycles. The number of anilines is 1. The first-order valence-electron chi connectivity index (χ1n) is 5.72. The molecule has 5 heteroatoms. The van der Waals surface area contributed by atoms with E-state index in [-0.39, 0.29) is 12.4 Å². The van der Waals surface area contributed by atoms with Gasteiger partial charge in [0.15, 0.2) is 5.82 Å². The summed E-state index contributed by atoms with van der Waals surface area (Å²) in [5.74, 6) is 1.46. The molecule has 0 unspecified atom stereocenters. The molecule has 4 nitrogen and oxygen atoms in total. The van der Waals surface area contributed by atoms with E-state index in [0.29, 0.717) is 5.82 Å². The Bertz CT molecular complexity index is 704. The van der Waals surface area contributed by atoms with Crippen LogP contribution in [0.4, 0.5) is 17.3 Å². The van der Waals surface area contributed by atoms with Crippen molar-refractivity contribution in [3.8, 4) is 0 Å². The number of rotatable bonds is 2. The van der Waals surface area contributed by atoms with Crippen LogP contribution in [0.25, 0.3) is 10.8 Å². The van der Waals surface area contributed by atoms with E-state index in [1.165, 1.54) is 0 Å². The summed E-state index contributed by atoms with van der Waals surface area (Å²) in [5, 5.41) is 9.36. The van der Waals surface area contributed by atoms with Crippen molar-refractivity contribution in [2.75, 3.05) is 5.73 Å². The number of nitrogens with one attached hydrogen (secondary N) is 2. The minimum absolute atomic E-state index is 0. The highest BCUT2D eigenvalue weighted by atomic mass is 35.5. The van der Waals surface area contributed by atoms with Crippen molar-refractivity contribution in [1.29, 1.82) is 0 Å². The van der Waals surface area contributed by atoms with E-state index in [1.54, 1.807) is 0 Å². The van der Waals surface area contributed by atoms with Crippen LogP contribution in [-0.2, 0) is 0 Å². The van der Waals surface area contributed by atoms with E-state index in [1.807, 2.05) is 54.6 Å². The molecule has 0 aliphatic rings. The Kier molecular flexibility index (Phi) is 3.82. The largest absolute Gasteiger partial charge is 1.00 e. The number of hydrogen-bond acceptors (Lipinski definition) is 2. The average Bonchev–Trinajstić information content (AvgIpc) is 2.75. The SMILES string of the molecule is Nc1[nH]c([NH+]=Nc2ccccc2)c2ccccc12.[Cl-]. The van der Waals surface area contributed by atoms with E-state index >= 15 is 0 Å². The van der Waals surface area contributed by atoms with Crippen molar-refractivity contribution in [3.63, 3.8) is 0 Å². The standard InChI is InChI=1S/C14H12N4.ClH/c15-13-11-8-4-5-9-12(11)14(16-13)18-17-10-6-2-1-3-7-10;/h1-9,16H,15H2;1H. The maximum absolute atomic E-state index is 5.91. The number of H-pyrrole nitrogens is 1. The van der Waals surface area contributed by atoms with Crippen LogP contribution in [0.1, 0.15) is 0 Å². The maximum atomic E-state index is 5.91. The molecule has 0 saturated carbocycles. The summed E-state index contributed by atoms with van der Waals surface area (Å²) in [4.78, 5) is 3.10. The summed E-state index contributed by atoms with van der Waals surface area (Å²) in [6.07, 6.45) is 0. The van der Waals surface area contributed by atoms with Gasteiger partial charge in [-0.2, -0.15) is 0 Å². The number of halogens is 1. The van der Waals surface area contributed by atoms with Crippen LogP contribution >= 0.6 is 0 Å². The number of hydrogen-bond donors (Lipinski definition) is 3. The van der Waals surface area contributed by atoms with Crippen LogP contribution < -0.4 is 23.3 Å². The highest BCUT2D eigenvalue weighted by molar-refractivity contribution is 5.98. The average molecular weight is 273 g/mol. The zero-order valence-electron chi connectivity index (χ0n) is 10.1. The summed E-state index contributed by atoms with van der Waals surface area (Å²) in [5.41, 5.74) is 6.78. The quantitative estimate of drug-likeness (QED) is 0.528. The van der Waals surface area contributed by atoms with Crippen LogP contribution in [-0.4, -0.2) is 4.98 Å². The smallest absolute Gasteiger partial charge is 0.307 e. The molecule has 3 aromatic rings. The molecule has 0 amide bonds. The topological polar surface area (TPSA) is 68.1 Å². The van der Waals surface area contributed by atoms with Gasteiger partial charge in [-0.05, 0) is 24.3 Å². The molecule has 4 N–H and O–H groups in total. The minimum Gasteiger partial charge on any atom is -1.00 e. The lowest BCUT2D eigenvalue weighted by molar-refractivity contribution is -0.435. The Balaban J connectivity index is 0.00000133. The third kappa shape index (κ3) is 2.58. The third-order valence-corrected chi connectivity index (χ3v) is 2.80. The first kappa shape index (κ1) is 13.1. The van der Waals surface area contributed by atoms with Crippen LogP contribution in [0.15, 0.2) is 59.7 Å². The highest BCUT2D eigenvalue weighted by Gasteiger charge is 2.12. The van der Waals surface area contributed by atoms with Gasteiger partial charge < -0.3 is 18.1 Å². The molecule has 96 valence electrons. The van der Waals surface area contributed by atoms with Gasteiger partial charge in [0.2, 0.25) is 0 Å². The Morgan fingerprint density at radius 1 is 0.895 bits per heavy atom. The molecular weight excluding hydrogens is 260 g/mol.